The van der Waals surface area contributed by atoms with Gasteiger partial charge in [0.1, 0.15) is 0 Å². The minimum Gasteiger partial charge on any atom is -0.484 e. The van der Waals surface area contributed by atoms with Gasteiger partial charge in [-0.1, -0.05) is 18.7 Å². The summed E-state index contributed by atoms with van der Waals surface area (Å²) in [5, 5.41) is 0. The maximum atomic E-state index is 14.3. The Morgan fingerprint density at radius 2 is 0.878 bits per heavy atom. The van der Waals surface area contributed by atoms with Gasteiger partial charge in [0.05, 0.1) is 50.2 Å². The average molecular weight is 721 g/mol. The molecule has 0 N–H and O–H groups in total. The van der Waals surface area contributed by atoms with Crippen molar-refractivity contribution in [2.75, 3.05) is 21.1 Å². The van der Waals surface area contributed by atoms with Crippen LogP contribution in [-0.2, 0) is 0 Å². The molecular weight excluding hydrogens is 706 g/mol. The van der Waals surface area contributed by atoms with Crippen LogP contribution < -0.4 is 18.4 Å². The van der Waals surface area contributed by atoms with Crippen molar-refractivity contribution < 1.29 is 79.8 Å². The largest absolute Gasteiger partial charge is 0.864 e. The van der Waals surface area contributed by atoms with Crippen molar-refractivity contribution in [1.29, 1.82) is 0 Å². The second kappa shape index (κ2) is 14.6. The van der Waals surface area contributed by atoms with Crippen molar-refractivity contribution >= 4 is 19.1 Å². The molecule has 0 spiro atoms. The van der Waals surface area contributed by atoms with Crippen LogP contribution in [0.1, 0.15) is 5.56 Å². The maximum absolute atomic E-state index is 14.3. The van der Waals surface area contributed by atoms with Gasteiger partial charge in [-0.25, -0.2) is 39.5 Å². The summed E-state index contributed by atoms with van der Waals surface area (Å²) in [4.78, 5) is 0. The maximum Gasteiger partial charge on any atom is 0.864 e. The molecule has 0 aliphatic heterocycles. The molecule has 0 bridgehead atoms. The van der Waals surface area contributed by atoms with Crippen LogP contribution in [0, 0.1) is 93.3 Å². The average Bonchev–Trinajstić information content (AvgIpc) is 3.06. The molecule has 0 aromatic heterocycles. The molecule has 0 heterocycles. The van der Waals surface area contributed by atoms with Crippen molar-refractivity contribution in [2.45, 2.75) is 0 Å². The highest BCUT2D eigenvalue weighted by atomic mass is 19.2. The van der Waals surface area contributed by atoms with Crippen LogP contribution in [-0.4, -0.2) is 28.5 Å². The summed E-state index contributed by atoms with van der Waals surface area (Å²) < 4.78 is 213. The smallest absolute Gasteiger partial charge is 0.484 e. The van der Waals surface area contributed by atoms with E-state index in [9.17, 15) is 65.9 Å². The summed E-state index contributed by atoms with van der Waals surface area (Å²) >= 11 is 0. The van der Waals surface area contributed by atoms with Crippen molar-refractivity contribution in [1.82, 2.24) is 4.48 Å². The lowest BCUT2D eigenvalue weighted by atomic mass is 10.1. The lowest BCUT2D eigenvalue weighted by Crippen LogP contribution is -2.41. The van der Waals surface area contributed by atoms with Crippen LogP contribution in [0.5, 0.6) is 17.2 Å². The number of nitrogens with zero attached hydrogens (tertiary/aromatic N) is 1. The number of benzene rings is 4. The zero-order valence-corrected chi connectivity index (χ0v) is 24.4. The number of hydrogen-bond acceptors (Lipinski definition) is 3. The Morgan fingerprint density at radius 1 is 0.531 bits per heavy atom. The lowest BCUT2D eigenvalue weighted by molar-refractivity contribution is 0.259. The molecular formula is C29H15BF15NO3. The fraction of sp³-hybridized carbons (Fsp3) is 0.103. The fourth-order valence-electron chi connectivity index (χ4n) is 3.76. The first-order valence-corrected chi connectivity index (χ1v) is 12.7. The summed E-state index contributed by atoms with van der Waals surface area (Å²) in [5.74, 6) is -39.5. The molecule has 0 aliphatic carbocycles. The second-order valence-corrected chi connectivity index (χ2v) is 10.0. The van der Waals surface area contributed by atoms with Gasteiger partial charge in [0.25, 0.3) is 0 Å². The van der Waals surface area contributed by atoms with E-state index in [-0.39, 0.29) is 15.9 Å². The minimum absolute atomic E-state index is 0.0741. The Bertz CT molecular complexity index is 1780. The molecule has 0 aliphatic rings. The van der Waals surface area contributed by atoms with E-state index in [0.29, 0.717) is 5.56 Å². The highest BCUT2D eigenvalue weighted by molar-refractivity contribution is 6.39. The fourth-order valence-corrected chi connectivity index (χ4v) is 3.76. The van der Waals surface area contributed by atoms with E-state index in [1.165, 1.54) is 24.3 Å². The standard InChI is InChI=1S/C23H15BF10NO3.C6F5/c1-5-9-7-6-8-10(21(9)35(2,3)4)36-24(37-22-17(31)13(27)11(25)14(28)18(22)32)38-23-19(33)15(29)12(26)16(30)20(23)34;7-2-1-3(8)5(10)6(11)4(2)9/h5-8H,1H2,2-4H3;/q+1;-1. The van der Waals surface area contributed by atoms with E-state index in [2.05, 4.69) is 15.9 Å². The molecule has 0 saturated carbocycles. The Kier molecular flexibility index (Phi) is 11.5. The second-order valence-electron chi connectivity index (χ2n) is 10.0. The zero-order chi connectivity index (χ0) is 37.3. The number of quaternary nitrogens is 1. The van der Waals surface area contributed by atoms with Crippen LogP contribution in [0.3, 0.4) is 0 Å². The summed E-state index contributed by atoms with van der Waals surface area (Å²) in [6, 6.07) is 5.09. The number of hydrogen-bond donors (Lipinski definition) is 0. The third-order valence-electron chi connectivity index (χ3n) is 5.90. The first-order chi connectivity index (χ1) is 22.6. The topological polar surface area (TPSA) is 27.7 Å². The first-order valence-electron chi connectivity index (χ1n) is 12.7. The van der Waals surface area contributed by atoms with Gasteiger partial charge in [-0.05, 0) is 12.1 Å². The normalized spacial score (nSPS) is 11.1. The monoisotopic (exact) mass is 721 g/mol. The van der Waals surface area contributed by atoms with Crippen molar-refractivity contribution in [3.05, 3.63) is 124 Å². The Morgan fingerprint density at radius 3 is 1.22 bits per heavy atom. The molecule has 4 aromatic rings. The molecule has 0 fully saturated rings. The minimum atomic E-state index is -2.87. The molecule has 262 valence electrons. The number of para-hydroxylation sites is 1. The highest BCUT2D eigenvalue weighted by Crippen LogP contribution is 2.37. The summed E-state index contributed by atoms with van der Waals surface area (Å²) in [7, 11) is 1.92. The number of rotatable bonds is 8. The van der Waals surface area contributed by atoms with E-state index >= 15 is 0 Å². The van der Waals surface area contributed by atoms with Gasteiger partial charge >= 0.3 is 7.32 Å². The molecule has 4 rings (SSSR count). The Hall–Kier alpha value is -5.01. The van der Waals surface area contributed by atoms with E-state index in [1.54, 1.807) is 21.1 Å². The van der Waals surface area contributed by atoms with E-state index < -0.39 is 106 Å². The van der Waals surface area contributed by atoms with E-state index in [4.69, 9.17) is 4.65 Å². The molecule has 0 saturated heterocycles. The molecule has 0 radical (unpaired) electrons. The van der Waals surface area contributed by atoms with Crippen molar-refractivity contribution in [3.63, 3.8) is 0 Å². The van der Waals surface area contributed by atoms with Crippen LogP contribution in [0.4, 0.5) is 71.5 Å². The molecule has 20 heteroatoms. The van der Waals surface area contributed by atoms with Crippen LogP contribution in [0.2, 0.25) is 0 Å². The molecule has 4 aromatic carbocycles. The zero-order valence-electron chi connectivity index (χ0n) is 24.4. The first kappa shape index (κ1) is 38.4. The van der Waals surface area contributed by atoms with Gasteiger partial charge in [0.15, 0.2) is 22.9 Å². The summed E-state index contributed by atoms with van der Waals surface area (Å²) in [6.07, 6.45) is 1.34. The Labute approximate surface area is 265 Å². The summed E-state index contributed by atoms with van der Waals surface area (Å²) in [6.45, 7) is 3.60. The lowest BCUT2D eigenvalue weighted by Gasteiger charge is -2.28. The van der Waals surface area contributed by atoms with Gasteiger partial charge in [0, 0.05) is 5.56 Å². The van der Waals surface area contributed by atoms with E-state index in [0.717, 1.165) is 6.07 Å². The molecule has 4 nitrogen and oxygen atoms in total. The SMILES string of the molecule is C=Cc1cccc(OB(Oc2c(F)c(F)c(F)c(F)c2F)Oc2c(F)c(F)c(F)c(F)c2F)c1[N+](C)(C)C.Fc1[c-]c(F)c(F)c(F)c1F. The van der Waals surface area contributed by atoms with Gasteiger partial charge in [0.2, 0.25) is 58.2 Å². The van der Waals surface area contributed by atoms with Crippen LogP contribution in [0.15, 0.2) is 24.8 Å². The third-order valence-corrected chi connectivity index (χ3v) is 5.90. The van der Waals surface area contributed by atoms with Crippen molar-refractivity contribution in [3.8, 4) is 17.2 Å². The number of halogens is 15. The third kappa shape index (κ3) is 7.68. The van der Waals surface area contributed by atoms with Crippen LogP contribution >= 0.6 is 0 Å². The predicted octanol–water partition coefficient (Wildman–Crippen LogP) is 8.62. The van der Waals surface area contributed by atoms with Gasteiger partial charge in [-0.2, -0.15) is 17.6 Å². The van der Waals surface area contributed by atoms with Gasteiger partial charge < -0.3 is 14.0 Å². The quantitative estimate of drug-likeness (QED) is 0.0456. The van der Waals surface area contributed by atoms with E-state index in [1.807, 2.05) is 0 Å². The van der Waals surface area contributed by atoms with Crippen LogP contribution in [0.25, 0.3) is 6.08 Å². The Balaban J connectivity index is 0.000000501. The molecule has 0 atom stereocenters. The molecule has 49 heavy (non-hydrogen) atoms. The predicted molar refractivity (Wildman–Crippen MR) is 141 cm³/mol. The molecule has 0 amide bonds. The van der Waals surface area contributed by atoms with Crippen molar-refractivity contribution in [2.24, 2.45) is 0 Å². The highest BCUT2D eigenvalue weighted by Gasteiger charge is 2.41. The van der Waals surface area contributed by atoms with Gasteiger partial charge in [-0.3, -0.25) is 13.3 Å². The van der Waals surface area contributed by atoms with Gasteiger partial charge in [-0.15, -0.1) is 6.07 Å². The molecule has 0 unspecified atom stereocenters. The summed E-state index contributed by atoms with van der Waals surface area (Å²) in [5.41, 5.74) is 0.593.